The van der Waals surface area contributed by atoms with Crippen LogP contribution in [0.25, 0.3) is 0 Å². The Morgan fingerprint density at radius 2 is 2.00 bits per heavy atom. The summed E-state index contributed by atoms with van der Waals surface area (Å²) in [5.74, 6) is -1.00. The predicted octanol–water partition coefficient (Wildman–Crippen LogP) is 1.09. The summed E-state index contributed by atoms with van der Waals surface area (Å²) in [4.78, 5) is 37.1. The van der Waals surface area contributed by atoms with Crippen LogP contribution in [-0.4, -0.2) is 52.2 Å². The first kappa shape index (κ1) is 17.9. The average Bonchev–Trinajstić information content (AvgIpc) is 2.62. The van der Waals surface area contributed by atoms with Crippen molar-refractivity contribution in [2.24, 2.45) is 5.10 Å². The lowest BCUT2D eigenvalue weighted by molar-refractivity contribution is -0.161. The molecule has 1 aromatic carbocycles. The number of rotatable bonds is 4. The smallest absolute Gasteiger partial charge is 0.348 e. The number of carboxylic acid groups (broad SMARTS) is 1. The van der Waals surface area contributed by atoms with Crippen molar-refractivity contribution >= 4 is 23.5 Å². The van der Waals surface area contributed by atoms with Crippen molar-refractivity contribution in [2.75, 3.05) is 13.1 Å². The van der Waals surface area contributed by atoms with Crippen molar-refractivity contribution in [3.8, 4) is 5.75 Å². The number of aryl methyl sites for hydroxylation is 1. The molecule has 26 heavy (non-hydrogen) atoms. The SMILES string of the molecule is Cc1cccc(OC2(C(=O)O)CCN(C(=O)C3=NNC(=O)CC3)CC2)c1. The lowest BCUT2D eigenvalue weighted by Crippen LogP contribution is -2.55. The first-order valence-electron chi connectivity index (χ1n) is 8.53. The molecule has 1 aromatic rings. The average molecular weight is 359 g/mol. The molecule has 2 heterocycles. The third-order valence-corrected chi connectivity index (χ3v) is 4.70. The molecule has 0 atom stereocenters. The van der Waals surface area contributed by atoms with Crippen LogP contribution < -0.4 is 10.2 Å². The summed E-state index contributed by atoms with van der Waals surface area (Å²) in [5, 5.41) is 13.5. The van der Waals surface area contributed by atoms with Gasteiger partial charge in [0.2, 0.25) is 11.5 Å². The molecule has 0 unspecified atom stereocenters. The van der Waals surface area contributed by atoms with E-state index in [1.54, 1.807) is 17.0 Å². The van der Waals surface area contributed by atoms with Gasteiger partial charge >= 0.3 is 5.97 Å². The minimum Gasteiger partial charge on any atom is -0.478 e. The Morgan fingerprint density at radius 1 is 1.27 bits per heavy atom. The number of carbonyl (C=O) groups is 3. The highest BCUT2D eigenvalue weighted by molar-refractivity contribution is 6.39. The number of piperidine rings is 1. The molecule has 2 aliphatic heterocycles. The van der Waals surface area contributed by atoms with E-state index in [1.165, 1.54) is 0 Å². The van der Waals surface area contributed by atoms with Crippen LogP contribution in [0.1, 0.15) is 31.2 Å². The fraction of sp³-hybridized carbons (Fsp3) is 0.444. The summed E-state index contributed by atoms with van der Waals surface area (Å²) in [6, 6.07) is 7.25. The van der Waals surface area contributed by atoms with Crippen LogP contribution in [0.15, 0.2) is 29.4 Å². The van der Waals surface area contributed by atoms with Gasteiger partial charge in [-0.15, -0.1) is 0 Å². The molecule has 2 aliphatic rings. The van der Waals surface area contributed by atoms with Gasteiger partial charge in [0, 0.05) is 38.8 Å². The Morgan fingerprint density at radius 3 is 2.58 bits per heavy atom. The zero-order chi connectivity index (χ0) is 18.7. The van der Waals surface area contributed by atoms with Gasteiger partial charge in [0.15, 0.2) is 0 Å². The van der Waals surface area contributed by atoms with Crippen molar-refractivity contribution in [3.05, 3.63) is 29.8 Å². The van der Waals surface area contributed by atoms with Crippen molar-refractivity contribution < 1.29 is 24.2 Å². The minimum atomic E-state index is -1.35. The van der Waals surface area contributed by atoms with Crippen molar-refractivity contribution in [1.29, 1.82) is 0 Å². The van der Waals surface area contributed by atoms with Gasteiger partial charge in [-0.3, -0.25) is 9.59 Å². The molecular weight excluding hydrogens is 338 g/mol. The molecule has 0 radical (unpaired) electrons. The molecule has 0 spiro atoms. The van der Waals surface area contributed by atoms with E-state index >= 15 is 0 Å². The van der Waals surface area contributed by atoms with Crippen molar-refractivity contribution in [3.63, 3.8) is 0 Å². The van der Waals surface area contributed by atoms with Gasteiger partial charge in [-0.1, -0.05) is 12.1 Å². The molecule has 138 valence electrons. The molecule has 1 fully saturated rings. The molecular formula is C18H21N3O5. The standard InChI is InChI=1S/C18H21N3O5/c1-12-3-2-4-13(11-12)26-18(17(24)25)7-9-21(10-8-18)16(23)14-5-6-15(22)20-19-14/h2-4,11H,5-10H2,1H3,(H,20,22)(H,24,25). The van der Waals surface area contributed by atoms with Crippen molar-refractivity contribution in [1.82, 2.24) is 10.3 Å². The zero-order valence-electron chi connectivity index (χ0n) is 14.5. The fourth-order valence-electron chi connectivity index (χ4n) is 3.15. The Balaban J connectivity index is 1.68. The number of amides is 2. The second kappa shape index (κ2) is 7.15. The Kier molecular flexibility index (Phi) is 4.92. The van der Waals surface area contributed by atoms with Crippen LogP contribution in [0, 0.1) is 6.92 Å². The molecule has 8 nitrogen and oxygen atoms in total. The van der Waals surface area contributed by atoms with E-state index in [1.807, 2.05) is 19.1 Å². The third-order valence-electron chi connectivity index (χ3n) is 4.70. The highest BCUT2D eigenvalue weighted by Crippen LogP contribution is 2.30. The second-order valence-corrected chi connectivity index (χ2v) is 6.60. The largest absolute Gasteiger partial charge is 0.478 e. The number of hydrogen-bond donors (Lipinski definition) is 2. The van der Waals surface area contributed by atoms with E-state index in [9.17, 15) is 19.5 Å². The van der Waals surface area contributed by atoms with Crippen LogP contribution in [0.2, 0.25) is 0 Å². The Bertz CT molecular complexity index is 766. The quantitative estimate of drug-likeness (QED) is 0.836. The lowest BCUT2D eigenvalue weighted by atomic mass is 9.90. The molecule has 1 saturated heterocycles. The lowest BCUT2D eigenvalue weighted by Gasteiger charge is -2.39. The number of hydrogen-bond acceptors (Lipinski definition) is 5. The van der Waals surface area contributed by atoms with E-state index in [-0.39, 0.29) is 44.2 Å². The number of aliphatic carboxylic acids is 1. The van der Waals surface area contributed by atoms with Crippen molar-refractivity contribution in [2.45, 2.75) is 38.2 Å². The van der Waals surface area contributed by atoms with Crippen LogP contribution in [0.4, 0.5) is 0 Å². The number of ether oxygens (including phenoxy) is 1. The maximum absolute atomic E-state index is 12.5. The summed E-state index contributed by atoms with van der Waals surface area (Å²) in [7, 11) is 0. The molecule has 0 bridgehead atoms. The van der Waals surface area contributed by atoms with Gasteiger partial charge in [0.25, 0.3) is 5.91 Å². The molecule has 0 aromatic heterocycles. The Labute approximate surface area is 150 Å². The van der Waals surface area contributed by atoms with Crippen LogP contribution in [0.3, 0.4) is 0 Å². The normalized spacial score (nSPS) is 19.3. The van der Waals surface area contributed by atoms with Crippen LogP contribution >= 0.6 is 0 Å². The number of benzene rings is 1. The van der Waals surface area contributed by atoms with E-state index in [4.69, 9.17) is 4.74 Å². The number of nitrogens with zero attached hydrogens (tertiary/aromatic N) is 2. The molecule has 3 rings (SSSR count). The molecule has 0 aliphatic carbocycles. The third kappa shape index (κ3) is 3.68. The second-order valence-electron chi connectivity index (χ2n) is 6.60. The van der Waals surface area contributed by atoms with E-state index in [2.05, 4.69) is 10.5 Å². The van der Waals surface area contributed by atoms with Gasteiger partial charge in [-0.25, -0.2) is 10.2 Å². The van der Waals surface area contributed by atoms with E-state index in [0.717, 1.165) is 5.56 Å². The monoisotopic (exact) mass is 359 g/mol. The molecule has 8 heteroatoms. The highest BCUT2D eigenvalue weighted by Gasteiger charge is 2.45. The van der Waals surface area contributed by atoms with Gasteiger partial charge in [-0.05, 0) is 24.6 Å². The van der Waals surface area contributed by atoms with Crippen LogP contribution in [0.5, 0.6) is 5.75 Å². The van der Waals surface area contributed by atoms with Gasteiger partial charge in [0.1, 0.15) is 11.5 Å². The number of nitrogens with one attached hydrogen (secondary N) is 1. The number of likely N-dealkylation sites (tertiary alicyclic amines) is 1. The predicted molar refractivity (Wildman–Crippen MR) is 92.8 cm³/mol. The zero-order valence-corrected chi connectivity index (χ0v) is 14.5. The van der Waals surface area contributed by atoms with Gasteiger partial charge in [0.05, 0.1) is 0 Å². The first-order valence-corrected chi connectivity index (χ1v) is 8.53. The van der Waals surface area contributed by atoms with E-state index < -0.39 is 11.6 Å². The fourth-order valence-corrected chi connectivity index (χ4v) is 3.15. The summed E-state index contributed by atoms with van der Waals surface area (Å²) >= 11 is 0. The summed E-state index contributed by atoms with van der Waals surface area (Å²) in [6.07, 6.45) is 0.891. The molecule has 0 saturated carbocycles. The Hall–Kier alpha value is -2.90. The van der Waals surface area contributed by atoms with Gasteiger partial charge < -0.3 is 14.7 Å². The topological polar surface area (TPSA) is 108 Å². The number of carboxylic acids is 1. The summed E-state index contributed by atoms with van der Waals surface area (Å²) in [6.45, 7) is 2.42. The number of carbonyl (C=O) groups excluding carboxylic acids is 2. The molecule has 2 amide bonds. The molecule has 2 N–H and O–H groups in total. The number of hydrazone groups is 1. The highest BCUT2D eigenvalue weighted by atomic mass is 16.5. The van der Waals surface area contributed by atoms with Crippen LogP contribution in [-0.2, 0) is 14.4 Å². The first-order chi connectivity index (χ1) is 12.4. The maximum atomic E-state index is 12.5. The minimum absolute atomic E-state index is 0.182. The van der Waals surface area contributed by atoms with Gasteiger partial charge in [-0.2, -0.15) is 5.10 Å². The summed E-state index contributed by atoms with van der Waals surface area (Å²) < 4.78 is 5.85. The maximum Gasteiger partial charge on any atom is 0.348 e. The van der Waals surface area contributed by atoms with E-state index in [0.29, 0.717) is 17.9 Å². The summed E-state index contributed by atoms with van der Waals surface area (Å²) in [5.41, 5.74) is 2.23.